The Morgan fingerprint density at radius 1 is 0.979 bits per heavy atom. The average Bonchev–Trinajstić information content (AvgIpc) is 3.96. The van der Waals surface area contributed by atoms with Gasteiger partial charge in [0.2, 0.25) is 17.7 Å². The highest BCUT2D eigenvalue weighted by Gasteiger charge is 2.56. The summed E-state index contributed by atoms with van der Waals surface area (Å²) in [7, 11) is 1.99. The van der Waals surface area contributed by atoms with Crippen molar-refractivity contribution in [3.63, 3.8) is 0 Å². The van der Waals surface area contributed by atoms with Crippen molar-refractivity contribution in [1.82, 2.24) is 20.4 Å². The number of rotatable bonds is 10. The predicted octanol–water partition coefficient (Wildman–Crippen LogP) is 4.33. The molecule has 258 valence electrons. The first-order chi connectivity index (χ1) is 22.3. The second-order valence-corrected chi connectivity index (χ2v) is 14.6. The normalized spacial score (nSPS) is 25.6. The maximum Gasteiger partial charge on any atom is 0.408 e. The van der Waals surface area contributed by atoms with Crippen molar-refractivity contribution >= 4 is 29.5 Å². The molecule has 5 fully saturated rings. The first kappa shape index (κ1) is 33.5. The van der Waals surface area contributed by atoms with Crippen molar-refractivity contribution in [3.05, 3.63) is 29.6 Å². The van der Waals surface area contributed by atoms with Gasteiger partial charge in [-0.1, -0.05) is 19.4 Å². The molecule has 0 unspecified atom stereocenters. The molecule has 1 saturated heterocycles. The summed E-state index contributed by atoms with van der Waals surface area (Å²) in [6.07, 6.45) is 3.97. The summed E-state index contributed by atoms with van der Waals surface area (Å²) in [6, 6.07) is 2.59. The number of hydrogen-bond donors (Lipinski definition) is 3. The van der Waals surface area contributed by atoms with Gasteiger partial charge in [0, 0.05) is 50.9 Å². The van der Waals surface area contributed by atoms with Gasteiger partial charge in [-0.15, -0.1) is 0 Å². The van der Waals surface area contributed by atoms with Gasteiger partial charge in [0.05, 0.1) is 5.69 Å². The van der Waals surface area contributed by atoms with Gasteiger partial charge >= 0.3 is 6.09 Å². The number of alkyl halides is 2. The van der Waals surface area contributed by atoms with Crippen LogP contribution < -0.4 is 16.0 Å². The van der Waals surface area contributed by atoms with Crippen molar-refractivity contribution in [2.75, 3.05) is 38.5 Å². The molecule has 0 aromatic heterocycles. The largest absolute Gasteiger partial charge is 0.446 e. The molecular formula is C34H46F3N5O5. The molecule has 0 radical (unpaired) electrons. The third kappa shape index (κ3) is 7.39. The zero-order chi connectivity index (χ0) is 33.6. The maximum atomic E-state index is 15.8. The first-order valence-corrected chi connectivity index (χ1v) is 17.0. The summed E-state index contributed by atoms with van der Waals surface area (Å²) in [5.41, 5.74) is -0.110. The molecule has 0 bridgehead atoms. The Morgan fingerprint density at radius 3 is 2.28 bits per heavy atom. The van der Waals surface area contributed by atoms with E-state index in [-0.39, 0.29) is 35.3 Å². The van der Waals surface area contributed by atoms with Crippen LogP contribution in [0.15, 0.2) is 18.2 Å². The molecule has 3 atom stereocenters. The molecule has 1 spiro atoms. The van der Waals surface area contributed by atoms with Crippen molar-refractivity contribution in [3.8, 4) is 0 Å². The van der Waals surface area contributed by atoms with E-state index in [0.717, 1.165) is 45.2 Å². The Labute approximate surface area is 273 Å². The van der Waals surface area contributed by atoms with Crippen molar-refractivity contribution < 1.29 is 37.1 Å². The second kappa shape index (κ2) is 12.9. The molecule has 1 heterocycles. The van der Waals surface area contributed by atoms with Crippen molar-refractivity contribution in [2.24, 2.45) is 11.3 Å². The SMILES string of the molecule is CCC(=O)N[C@@H](C(=O)N1CCN(C)CC1)C1(c2ccc(NC(=O)[C@@H](NC(=O)OC3CC(F)(F)C3)[C@H]3CCCC4(CC4)C3)c(F)c2)CC1. The number of halogens is 3. The highest BCUT2D eigenvalue weighted by atomic mass is 19.3. The molecule has 1 aromatic rings. The summed E-state index contributed by atoms with van der Waals surface area (Å²) < 4.78 is 47.6. The van der Waals surface area contributed by atoms with Crippen LogP contribution in [0.1, 0.15) is 83.1 Å². The fraction of sp³-hybridized carbons (Fsp3) is 0.706. The number of likely N-dealkylation sites (N-methyl/N-ethyl adjacent to an activating group) is 1. The minimum Gasteiger partial charge on any atom is -0.446 e. The molecule has 4 saturated carbocycles. The smallest absolute Gasteiger partial charge is 0.408 e. The van der Waals surface area contributed by atoms with Crippen LogP contribution in [-0.4, -0.2) is 91.0 Å². The molecule has 10 nitrogen and oxygen atoms in total. The van der Waals surface area contributed by atoms with Gasteiger partial charge in [-0.05, 0) is 81.0 Å². The van der Waals surface area contributed by atoms with E-state index in [0.29, 0.717) is 37.9 Å². The lowest BCUT2D eigenvalue weighted by atomic mass is 9.75. The number of amides is 4. The van der Waals surface area contributed by atoms with E-state index in [4.69, 9.17) is 4.74 Å². The van der Waals surface area contributed by atoms with E-state index >= 15 is 4.39 Å². The van der Waals surface area contributed by atoms with Gasteiger partial charge in [0.15, 0.2) is 0 Å². The van der Waals surface area contributed by atoms with E-state index in [1.54, 1.807) is 17.9 Å². The number of carbonyl (C=O) groups excluding carboxylic acids is 4. The number of alkyl carbamates (subject to hydrolysis) is 1. The number of hydrogen-bond acceptors (Lipinski definition) is 6. The lowest BCUT2D eigenvalue weighted by Crippen LogP contribution is -2.58. The lowest BCUT2D eigenvalue weighted by Gasteiger charge is -2.37. The zero-order valence-corrected chi connectivity index (χ0v) is 27.2. The number of anilines is 1. The second-order valence-electron chi connectivity index (χ2n) is 14.6. The van der Waals surface area contributed by atoms with E-state index in [9.17, 15) is 28.0 Å². The average molecular weight is 662 g/mol. The van der Waals surface area contributed by atoms with Crippen LogP contribution in [0, 0.1) is 17.2 Å². The van der Waals surface area contributed by atoms with Crippen molar-refractivity contribution in [1.29, 1.82) is 0 Å². The third-order valence-corrected chi connectivity index (χ3v) is 11.1. The van der Waals surface area contributed by atoms with Gasteiger partial charge in [-0.2, -0.15) is 0 Å². The van der Waals surface area contributed by atoms with Crippen LogP contribution in [0.4, 0.5) is 23.7 Å². The molecule has 5 aliphatic rings. The van der Waals surface area contributed by atoms with Crippen LogP contribution in [0.3, 0.4) is 0 Å². The molecule has 6 rings (SSSR count). The van der Waals surface area contributed by atoms with Crippen LogP contribution in [0.2, 0.25) is 0 Å². The summed E-state index contributed by atoms with van der Waals surface area (Å²) in [5.74, 6) is -4.80. The Hall–Kier alpha value is -3.35. The van der Waals surface area contributed by atoms with Gasteiger partial charge in [0.25, 0.3) is 5.92 Å². The number of benzene rings is 1. The standard InChI is InChI=1S/C34H46F3N5O5/c1-3-26(43)39-28(30(45)42-15-13-41(2)14-16-42)33(11-12-33)22-6-7-25(24(35)17-22)38-29(44)27(21-5-4-8-32(18-21)9-10-32)40-31(46)47-23-19-34(36,37)20-23/h6-7,17,21,23,27-28H,3-5,8-16,18-20H2,1-2H3,(H,38,44)(H,39,43)(H,40,46)/t21-,27-,28-/m0/s1. The predicted molar refractivity (Wildman–Crippen MR) is 167 cm³/mol. The Morgan fingerprint density at radius 2 is 1.68 bits per heavy atom. The molecule has 4 aliphatic carbocycles. The molecular weight excluding hydrogens is 615 g/mol. The Balaban J connectivity index is 1.17. The molecule has 4 amide bonds. The highest BCUT2D eigenvalue weighted by molar-refractivity contribution is 5.97. The number of nitrogens with one attached hydrogen (secondary N) is 3. The summed E-state index contributed by atoms with van der Waals surface area (Å²) in [4.78, 5) is 56.6. The zero-order valence-electron chi connectivity index (χ0n) is 27.2. The summed E-state index contributed by atoms with van der Waals surface area (Å²) >= 11 is 0. The van der Waals surface area contributed by atoms with E-state index in [1.165, 1.54) is 12.1 Å². The summed E-state index contributed by atoms with van der Waals surface area (Å²) in [6.45, 7) is 4.25. The summed E-state index contributed by atoms with van der Waals surface area (Å²) in [5, 5.41) is 8.19. The number of nitrogens with zero attached hydrogens (tertiary/aromatic N) is 2. The maximum absolute atomic E-state index is 15.8. The highest BCUT2D eigenvalue weighted by Crippen LogP contribution is 2.58. The first-order valence-electron chi connectivity index (χ1n) is 17.0. The topological polar surface area (TPSA) is 120 Å². The molecule has 3 N–H and O–H groups in total. The minimum atomic E-state index is -2.86. The fourth-order valence-corrected chi connectivity index (χ4v) is 7.74. The molecule has 1 aliphatic heterocycles. The quantitative estimate of drug-likeness (QED) is 0.344. The monoisotopic (exact) mass is 661 g/mol. The Kier molecular flexibility index (Phi) is 9.23. The molecule has 47 heavy (non-hydrogen) atoms. The van der Waals surface area contributed by atoms with Crippen LogP contribution in [0.25, 0.3) is 0 Å². The van der Waals surface area contributed by atoms with Crippen LogP contribution >= 0.6 is 0 Å². The number of piperazine rings is 1. The Bertz CT molecular complexity index is 1380. The van der Waals surface area contributed by atoms with E-state index in [1.807, 2.05) is 7.05 Å². The molecule has 1 aromatic carbocycles. The minimum absolute atomic E-state index is 0.0789. The number of ether oxygens (including phenoxy) is 1. The van der Waals surface area contributed by atoms with Gasteiger partial charge in [0.1, 0.15) is 24.0 Å². The van der Waals surface area contributed by atoms with Crippen molar-refractivity contribution in [2.45, 2.75) is 107 Å². The third-order valence-electron chi connectivity index (χ3n) is 11.1. The van der Waals surface area contributed by atoms with Crippen LogP contribution in [0.5, 0.6) is 0 Å². The number of carbonyl (C=O) groups is 4. The van der Waals surface area contributed by atoms with Gasteiger partial charge in [-0.25, -0.2) is 18.0 Å². The molecule has 13 heteroatoms. The lowest BCUT2D eigenvalue weighted by molar-refractivity contribution is -0.145. The van der Waals surface area contributed by atoms with E-state index in [2.05, 4.69) is 20.9 Å². The fourth-order valence-electron chi connectivity index (χ4n) is 7.74. The van der Waals surface area contributed by atoms with E-state index < -0.39 is 60.2 Å². The van der Waals surface area contributed by atoms with Crippen LogP contribution in [-0.2, 0) is 24.5 Å². The van der Waals surface area contributed by atoms with Gasteiger partial charge < -0.3 is 30.5 Å². The van der Waals surface area contributed by atoms with Gasteiger partial charge in [-0.3, -0.25) is 14.4 Å².